The lowest BCUT2D eigenvalue weighted by atomic mass is 10.1. The third kappa shape index (κ3) is 6.72. The molecule has 0 rings (SSSR count). The minimum atomic E-state index is -0.710. The second-order valence-electron chi connectivity index (χ2n) is 3.69. The predicted molar refractivity (Wildman–Crippen MR) is 53.3 cm³/mol. The molecule has 0 spiro atoms. The van der Waals surface area contributed by atoms with E-state index in [9.17, 15) is 4.79 Å². The average molecular weight is 187 g/mol. The topological polar surface area (TPSA) is 52.3 Å². The molecule has 0 aliphatic heterocycles. The maximum Gasteiger partial charge on any atom is 0.176 e. The molecule has 0 aromatic heterocycles. The maximum absolute atomic E-state index is 11.3. The van der Waals surface area contributed by atoms with Crippen LogP contribution in [0.2, 0.25) is 0 Å². The first-order valence-electron chi connectivity index (χ1n) is 4.97. The summed E-state index contributed by atoms with van der Waals surface area (Å²) in [6, 6.07) is 0. The molecule has 0 aliphatic carbocycles. The Bertz CT molecular complexity index is 146. The second kappa shape index (κ2) is 7.04. The normalized spacial score (nSPS) is 13.3. The standard InChI is InChI=1S/C10H21NO2/c1-4-7-13-10(11)9(12)6-5-8(2)3/h8,10H,4-7,11H2,1-3H3. The average Bonchev–Trinajstić information content (AvgIpc) is 2.10. The van der Waals surface area contributed by atoms with Crippen LogP contribution in [0.5, 0.6) is 0 Å². The zero-order valence-corrected chi connectivity index (χ0v) is 8.88. The lowest BCUT2D eigenvalue weighted by Gasteiger charge is -2.11. The molecule has 0 bridgehead atoms. The molecular formula is C10H21NO2. The van der Waals surface area contributed by atoms with Crippen LogP contribution in [-0.4, -0.2) is 18.6 Å². The van der Waals surface area contributed by atoms with Gasteiger partial charge in [0.15, 0.2) is 12.0 Å². The van der Waals surface area contributed by atoms with Crippen LogP contribution in [-0.2, 0) is 9.53 Å². The minimum Gasteiger partial charge on any atom is -0.356 e. The van der Waals surface area contributed by atoms with E-state index in [2.05, 4.69) is 13.8 Å². The van der Waals surface area contributed by atoms with Crippen LogP contribution in [0.15, 0.2) is 0 Å². The number of rotatable bonds is 7. The number of ether oxygens (including phenoxy) is 1. The van der Waals surface area contributed by atoms with Crippen molar-refractivity contribution >= 4 is 5.78 Å². The lowest BCUT2D eigenvalue weighted by molar-refractivity contribution is -0.130. The van der Waals surface area contributed by atoms with Crippen LogP contribution in [0.25, 0.3) is 0 Å². The summed E-state index contributed by atoms with van der Waals surface area (Å²) in [5.41, 5.74) is 5.52. The fourth-order valence-corrected chi connectivity index (χ4v) is 0.911. The van der Waals surface area contributed by atoms with Crippen LogP contribution >= 0.6 is 0 Å². The molecule has 0 amide bonds. The molecule has 0 aromatic rings. The molecule has 13 heavy (non-hydrogen) atoms. The molecule has 3 heteroatoms. The van der Waals surface area contributed by atoms with Crippen LogP contribution in [0.4, 0.5) is 0 Å². The summed E-state index contributed by atoms with van der Waals surface area (Å²) in [5.74, 6) is 0.560. The van der Waals surface area contributed by atoms with Gasteiger partial charge >= 0.3 is 0 Å². The van der Waals surface area contributed by atoms with Crippen molar-refractivity contribution in [1.82, 2.24) is 0 Å². The predicted octanol–water partition coefficient (Wildman–Crippen LogP) is 1.70. The van der Waals surface area contributed by atoms with Crippen LogP contribution < -0.4 is 5.73 Å². The second-order valence-corrected chi connectivity index (χ2v) is 3.69. The van der Waals surface area contributed by atoms with Gasteiger partial charge in [0.2, 0.25) is 0 Å². The SMILES string of the molecule is CCCOC(N)C(=O)CCC(C)C. The van der Waals surface area contributed by atoms with Gasteiger partial charge in [0.25, 0.3) is 0 Å². The monoisotopic (exact) mass is 187 g/mol. The Hall–Kier alpha value is -0.410. The number of nitrogens with two attached hydrogens (primary N) is 1. The van der Waals surface area contributed by atoms with E-state index in [1.807, 2.05) is 6.92 Å². The Kier molecular flexibility index (Phi) is 6.82. The molecular weight excluding hydrogens is 166 g/mol. The highest BCUT2D eigenvalue weighted by Crippen LogP contribution is 2.05. The van der Waals surface area contributed by atoms with Crippen LogP contribution in [0.3, 0.4) is 0 Å². The quantitative estimate of drug-likeness (QED) is 0.617. The van der Waals surface area contributed by atoms with Crippen molar-refractivity contribution in [2.75, 3.05) is 6.61 Å². The van der Waals surface area contributed by atoms with E-state index >= 15 is 0 Å². The van der Waals surface area contributed by atoms with Gasteiger partial charge in [-0.05, 0) is 18.8 Å². The van der Waals surface area contributed by atoms with E-state index in [4.69, 9.17) is 10.5 Å². The molecule has 0 fully saturated rings. The van der Waals surface area contributed by atoms with Crippen molar-refractivity contribution in [2.45, 2.75) is 46.3 Å². The van der Waals surface area contributed by atoms with Gasteiger partial charge in [-0.1, -0.05) is 20.8 Å². The van der Waals surface area contributed by atoms with Gasteiger partial charge in [0.1, 0.15) is 0 Å². The summed E-state index contributed by atoms with van der Waals surface area (Å²) >= 11 is 0. The van der Waals surface area contributed by atoms with Crippen molar-refractivity contribution in [3.63, 3.8) is 0 Å². The summed E-state index contributed by atoms with van der Waals surface area (Å²) in [6.45, 7) is 6.73. The minimum absolute atomic E-state index is 0.0159. The van der Waals surface area contributed by atoms with Gasteiger partial charge < -0.3 is 4.74 Å². The molecule has 1 unspecified atom stereocenters. The number of ketones is 1. The van der Waals surface area contributed by atoms with Crippen LogP contribution in [0.1, 0.15) is 40.0 Å². The molecule has 0 saturated heterocycles. The highest BCUT2D eigenvalue weighted by atomic mass is 16.5. The van der Waals surface area contributed by atoms with E-state index in [-0.39, 0.29) is 5.78 Å². The van der Waals surface area contributed by atoms with Crippen molar-refractivity contribution < 1.29 is 9.53 Å². The molecule has 0 radical (unpaired) electrons. The van der Waals surface area contributed by atoms with E-state index in [0.29, 0.717) is 18.9 Å². The van der Waals surface area contributed by atoms with Gasteiger partial charge in [-0.2, -0.15) is 0 Å². The molecule has 3 nitrogen and oxygen atoms in total. The van der Waals surface area contributed by atoms with E-state index < -0.39 is 6.23 Å². The first-order chi connectivity index (χ1) is 6.07. The number of Topliss-reactive ketones (excluding diaryl/α,β-unsaturated/α-hetero) is 1. The summed E-state index contributed by atoms with van der Waals surface area (Å²) in [5, 5.41) is 0. The van der Waals surface area contributed by atoms with Gasteiger partial charge in [0, 0.05) is 13.0 Å². The summed E-state index contributed by atoms with van der Waals surface area (Å²) in [4.78, 5) is 11.3. The first kappa shape index (κ1) is 12.6. The number of carbonyl (C=O) groups is 1. The molecule has 0 aliphatic rings. The zero-order chi connectivity index (χ0) is 10.3. The van der Waals surface area contributed by atoms with E-state index in [0.717, 1.165) is 12.8 Å². The van der Waals surface area contributed by atoms with Gasteiger partial charge in [-0.3, -0.25) is 10.5 Å². The van der Waals surface area contributed by atoms with Crippen molar-refractivity contribution in [3.8, 4) is 0 Å². The fraction of sp³-hybridized carbons (Fsp3) is 0.900. The van der Waals surface area contributed by atoms with Crippen molar-refractivity contribution in [2.24, 2.45) is 11.7 Å². The van der Waals surface area contributed by atoms with Crippen molar-refractivity contribution in [3.05, 3.63) is 0 Å². The number of carbonyl (C=O) groups excluding carboxylic acids is 1. The zero-order valence-electron chi connectivity index (χ0n) is 8.88. The van der Waals surface area contributed by atoms with E-state index in [1.165, 1.54) is 0 Å². The Morgan fingerprint density at radius 1 is 1.46 bits per heavy atom. The smallest absolute Gasteiger partial charge is 0.176 e. The summed E-state index contributed by atoms with van der Waals surface area (Å²) in [6.07, 6.45) is 1.61. The molecule has 2 N–H and O–H groups in total. The summed E-state index contributed by atoms with van der Waals surface area (Å²) < 4.78 is 5.11. The Morgan fingerprint density at radius 2 is 2.08 bits per heavy atom. The Morgan fingerprint density at radius 3 is 2.54 bits per heavy atom. The summed E-state index contributed by atoms with van der Waals surface area (Å²) in [7, 11) is 0. The fourth-order valence-electron chi connectivity index (χ4n) is 0.911. The molecule has 0 heterocycles. The molecule has 0 aromatic carbocycles. The molecule has 0 saturated carbocycles. The van der Waals surface area contributed by atoms with E-state index in [1.54, 1.807) is 0 Å². The number of hydrogen-bond donors (Lipinski definition) is 1. The van der Waals surface area contributed by atoms with Gasteiger partial charge in [-0.15, -0.1) is 0 Å². The first-order valence-corrected chi connectivity index (χ1v) is 4.97. The highest BCUT2D eigenvalue weighted by molar-refractivity contribution is 5.82. The van der Waals surface area contributed by atoms with Crippen molar-refractivity contribution in [1.29, 1.82) is 0 Å². The largest absolute Gasteiger partial charge is 0.356 e. The Labute approximate surface area is 80.6 Å². The lowest BCUT2D eigenvalue weighted by Crippen LogP contribution is -2.33. The van der Waals surface area contributed by atoms with Gasteiger partial charge in [0.05, 0.1) is 0 Å². The third-order valence-electron chi connectivity index (χ3n) is 1.79. The molecule has 1 atom stereocenters. The van der Waals surface area contributed by atoms with Gasteiger partial charge in [-0.25, -0.2) is 0 Å². The maximum atomic E-state index is 11.3. The Balaban J connectivity index is 3.57. The third-order valence-corrected chi connectivity index (χ3v) is 1.79. The van der Waals surface area contributed by atoms with Crippen LogP contribution in [0, 0.1) is 5.92 Å². The highest BCUT2D eigenvalue weighted by Gasteiger charge is 2.13. The number of hydrogen-bond acceptors (Lipinski definition) is 3. The molecule has 78 valence electrons.